The van der Waals surface area contributed by atoms with Gasteiger partial charge in [-0.05, 0) is 43.7 Å². The molecule has 1 atom stereocenters. The van der Waals surface area contributed by atoms with Crippen LogP contribution in [0.4, 0.5) is 0 Å². The van der Waals surface area contributed by atoms with E-state index in [2.05, 4.69) is 20.4 Å². The second-order valence-electron chi connectivity index (χ2n) is 6.49. The number of carbonyl (C=O) groups is 1. The number of pyridine rings is 1. The van der Waals surface area contributed by atoms with Gasteiger partial charge in [0, 0.05) is 29.8 Å². The molecule has 0 radical (unpaired) electrons. The number of nitrogens with one attached hydrogen (secondary N) is 1. The number of carbonyl (C=O) groups excluding carboxylic acids is 1. The van der Waals surface area contributed by atoms with E-state index in [1.54, 1.807) is 29.9 Å². The molecular formula is C20H23N5O2. The number of benzene rings is 1. The van der Waals surface area contributed by atoms with Gasteiger partial charge in [-0.15, -0.1) is 0 Å². The van der Waals surface area contributed by atoms with Crippen LogP contribution in [0.2, 0.25) is 0 Å². The molecule has 140 valence electrons. The summed E-state index contributed by atoms with van der Waals surface area (Å²) in [7, 11) is 0. The number of hydrogen-bond donors (Lipinski definition) is 2. The van der Waals surface area contributed by atoms with Crippen LogP contribution in [0.5, 0.6) is 0 Å². The quantitative estimate of drug-likeness (QED) is 0.699. The SMILES string of the molecule is CCc1ncnn1-c1cc(C(=O)NC(C)CO)cc(-c2ccc(C)cn2)c1. The van der Waals surface area contributed by atoms with Crippen molar-refractivity contribution in [3.05, 3.63) is 59.8 Å². The Labute approximate surface area is 158 Å². The lowest BCUT2D eigenvalue weighted by Gasteiger charge is -2.14. The molecule has 0 fully saturated rings. The van der Waals surface area contributed by atoms with E-state index in [-0.39, 0.29) is 18.6 Å². The molecule has 0 saturated heterocycles. The van der Waals surface area contributed by atoms with Crippen LogP contribution < -0.4 is 5.32 Å². The number of amides is 1. The van der Waals surface area contributed by atoms with Crippen molar-refractivity contribution in [3.8, 4) is 16.9 Å². The van der Waals surface area contributed by atoms with E-state index in [4.69, 9.17) is 0 Å². The topological polar surface area (TPSA) is 92.9 Å². The van der Waals surface area contributed by atoms with Crippen LogP contribution >= 0.6 is 0 Å². The maximum Gasteiger partial charge on any atom is 0.251 e. The van der Waals surface area contributed by atoms with Crippen molar-refractivity contribution >= 4 is 5.91 Å². The molecule has 1 aromatic carbocycles. The minimum atomic E-state index is -0.334. The third-order valence-corrected chi connectivity index (χ3v) is 4.22. The third kappa shape index (κ3) is 4.20. The molecule has 27 heavy (non-hydrogen) atoms. The van der Waals surface area contributed by atoms with E-state index in [1.165, 1.54) is 6.33 Å². The van der Waals surface area contributed by atoms with Gasteiger partial charge in [-0.3, -0.25) is 9.78 Å². The molecule has 0 aliphatic heterocycles. The second-order valence-corrected chi connectivity index (χ2v) is 6.49. The van der Waals surface area contributed by atoms with Crippen LogP contribution in [0.3, 0.4) is 0 Å². The molecule has 0 saturated carbocycles. The number of aryl methyl sites for hydroxylation is 2. The van der Waals surface area contributed by atoms with Crippen LogP contribution in [0.1, 0.15) is 35.6 Å². The van der Waals surface area contributed by atoms with E-state index in [0.29, 0.717) is 5.56 Å². The highest BCUT2D eigenvalue weighted by Crippen LogP contribution is 2.23. The van der Waals surface area contributed by atoms with Crippen LogP contribution in [0.15, 0.2) is 42.9 Å². The smallest absolute Gasteiger partial charge is 0.251 e. The molecule has 7 nitrogen and oxygen atoms in total. The molecule has 0 aliphatic carbocycles. The van der Waals surface area contributed by atoms with E-state index in [9.17, 15) is 9.90 Å². The Hall–Kier alpha value is -3.06. The molecule has 3 aromatic rings. The minimum Gasteiger partial charge on any atom is -0.394 e. The summed E-state index contributed by atoms with van der Waals surface area (Å²) in [5.41, 5.74) is 3.86. The Morgan fingerprint density at radius 2 is 2.07 bits per heavy atom. The van der Waals surface area contributed by atoms with Crippen LogP contribution in [-0.4, -0.2) is 43.4 Å². The molecular weight excluding hydrogens is 342 g/mol. The fourth-order valence-electron chi connectivity index (χ4n) is 2.73. The normalized spacial score (nSPS) is 12.0. The minimum absolute atomic E-state index is 0.124. The molecule has 1 amide bonds. The zero-order chi connectivity index (χ0) is 19.4. The Bertz CT molecular complexity index is 934. The van der Waals surface area contributed by atoms with E-state index in [0.717, 1.165) is 34.8 Å². The number of hydrogen-bond acceptors (Lipinski definition) is 5. The summed E-state index contributed by atoms with van der Waals surface area (Å²) in [6.07, 6.45) is 4.02. The summed E-state index contributed by atoms with van der Waals surface area (Å²) in [5.74, 6) is 0.545. The van der Waals surface area contributed by atoms with Gasteiger partial charge in [-0.2, -0.15) is 5.10 Å². The average molecular weight is 365 g/mol. The lowest BCUT2D eigenvalue weighted by Crippen LogP contribution is -2.35. The van der Waals surface area contributed by atoms with Crippen molar-refractivity contribution < 1.29 is 9.90 Å². The zero-order valence-electron chi connectivity index (χ0n) is 15.7. The first-order chi connectivity index (χ1) is 13.0. The average Bonchev–Trinajstić information content (AvgIpc) is 3.17. The number of aliphatic hydroxyl groups excluding tert-OH is 1. The lowest BCUT2D eigenvalue weighted by atomic mass is 10.0. The number of rotatable bonds is 6. The van der Waals surface area contributed by atoms with Gasteiger partial charge in [0.1, 0.15) is 12.2 Å². The molecule has 0 aliphatic rings. The predicted molar refractivity (Wildman–Crippen MR) is 103 cm³/mol. The van der Waals surface area contributed by atoms with Crippen LogP contribution in [0.25, 0.3) is 16.9 Å². The van der Waals surface area contributed by atoms with Gasteiger partial charge >= 0.3 is 0 Å². The van der Waals surface area contributed by atoms with Crippen molar-refractivity contribution in [1.82, 2.24) is 25.1 Å². The Kier molecular flexibility index (Phi) is 5.61. The molecule has 2 aromatic heterocycles. The van der Waals surface area contributed by atoms with Gasteiger partial charge in [-0.25, -0.2) is 9.67 Å². The molecule has 0 spiro atoms. The first-order valence-electron chi connectivity index (χ1n) is 8.91. The zero-order valence-corrected chi connectivity index (χ0v) is 15.7. The van der Waals surface area contributed by atoms with E-state index < -0.39 is 0 Å². The fourth-order valence-corrected chi connectivity index (χ4v) is 2.73. The van der Waals surface area contributed by atoms with Gasteiger partial charge in [0.05, 0.1) is 18.0 Å². The monoisotopic (exact) mass is 365 g/mol. The highest BCUT2D eigenvalue weighted by molar-refractivity contribution is 5.96. The Morgan fingerprint density at radius 1 is 1.26 bits per heavy atom. The molecule has 2 heterocycles. The summed E-state index contributed by atoms with van der Waals surface area (Å²) < 4.78 is 1.73. The molecule has 0 bridgehead atoms. The molecule has 2 N–H and O–H groups in total. The Balaban J connectivity index is 2.10. The largest absolute Gasteiger partial charge is 0.394 e. The Morgan fingerprint density at radius 3 is 2.74 bits per heavy atom. The second kappa shape index (κ2) is 8.09. The van der Waals surface area contributed by atoms with Crippen molar-refractivity contribution in [1.29, 1.82) is 0 Å². The van der Waals surface area contributed by atoms with E-state index >= 15 is 0 Å². The molecule has 7 heteroatoms. The van der Waals surface area contributed by atoms with Crippen molar-refractivity contribution in [2.45, 2.75) is 33.2 Å². The first kappa shape index (κ1) is 18.7. The van der Waals surface area contributed by atoms with Crippen molar-refractivity contribution in [3.63, 3.8) is 0 Å². The van der Waals surface area contributed by atoms with Gasteiger partial charge in [0.2, 0.25) is 0 Å². The number of aromatic nitrogens is 4. The summed E-state index contributed by atoms with van der Waals surface area (Å²) in [6, 6.07) is 9.08. The summed E-state index contributed by atoms with van der Waals surface area (Å²) >= 11 is 0. The highest BCUT2D eigenvalue weighted by Gasteiger charge is 2.15. The van der Waals surface area contributed by atoms with Crippen molar-refractivity contribution in [2.75, 3.05) is 6.61 Å². The molecule has 3 rings (SSSR count). The van der Waals surface area contributed by atoms with E-state index in [1.807, 2.05) is 32.0 Å². The lowest BCUT2D eigenvalue weighted by molar-refractivity contribution is 0.0922. The highest BCUT2D eigenvalue weighted by atomic mass is 16.3. The summed E-state index contributed by atoms with van der Waals surface area (Å²) in [5, 5.41) is 16.3. The third-order valence-electron chi connectivity index (χ3n) is 4.22. The van der Waals surface area contributed by atoms with Gasteiger partial charge in [0.25, 0.3) is 5.91 Å². The number of aliphatic hydroxyl groups is 1. The maximum atomic E-state index is 12.6. The van der Waals surface area contributed by atoms with Gasteiger partial charge in [-0.1, -0.05) is 13.0 Å². The van der Waals surface area contributed by atoms with Crippen LogP contribution in [0, 0.1) is 6.92 Å². The summed E-state index contributed by atoms with van der Waals surface area (Å²) in [4.78, 5) is 21.4. The van der Waals surface area contributed by atoms with Gasteiger partial charge in [0.15, 0.2) is 0 Å². The number of nitrogens with zero attached hydrogens (tertiary/aromatic N) is 4. The maximum absolute atomic E-state index is 12.6. The van der Waals surface area contributed by atoms with Crippen LogP contribution in [-0.2, 0) is 6.42 Å². The summed E-state index contributed by atoms with van der Waals surface area (Å²) in [6.45, 7) is 5.60. The standard InChI is InChI=1S/C20H23N5O2/c1-4-19-22-12-23-25(19)17-8-15(18-6-5-13(2)10-21-18)7-16(9-17)20(27)24-14(3)11-26/h5-10,12,14,26H,4,11H2,1-3H3,(H,24,27). The fraction of sp³-hybridized carbons (Fsp3) is 0.300. The van der Waals surface area contributed by atoms with Crippen molar-refractivity contribution in [2.24, 2.45) is 0 Å². The predicted octanol–water partition coefficient (Wildman–Crippen LogP) is 2.31. The molecule has 1 unspecified atom stereocenters. The van der Waals surface area contributed by atoms with Gasteiger partial charge < -0.3 is 10.4 Å². The first-order valence-corrected chi connectivity index (χ1v) is 8.91.